The van der Waals surface area contributed by atoms with Crippen LogP contribution in [-0.4, -0.2) is 17.6 Å². The minimum Gasteiger partial charge on any atom is -0.455 e. The zero-order valence-electron chi connectivity index (χ0n) is 15.5. The smallest absolute Gasteiger partial charge is 0.291 e. The SMILES string of the molecule is Cc1c(C(=O)Nc2ccc(Cl)cc2)oc2c1/C(=N\N=C(N)N)CC(C)(C)C2. The summed E-state index contributed by atoms with van der Waals surface area (Å²) in [6.45, 7) is 6.04. The van der Waals surface area contributed by atoms with E-state index >= 15 is 0 Å². The van der Waals surface area contributed by atoms with E-state index in [1.165, 1.54) is 0 Å². The number of nitrogens with one attached hydrogen (secondary N) is 1. The fourth-order valence-corrected chi connectivity index (χ4v) is 3.38. The van der Waals surface area contributed by atoms with Gasteiger partial charge in [-0.25, -0.2) is 0 Å². The molecule has 7 nitrogen and oxygen atoms in total. The Bertz CT molecular complexity index is 938. The normalized spacial score (nSPS) is 16.7. The van der Waals surface area contributed by atoms with E-state index < -0.39 is 0 Å². The highest BCUT2D eigenvalue weighted by atomic mass is 35.5. The van der Waals surface area contributed by atoms with Crippen molar-refractivity contribution >= 4 is 34.9 Å². The molecule has 0 spiro atoms. The molecule has 0 atom stereocenters. The van der Waals surface area contributed by atoms with Gasteiger partial charge in [0.05, 0.1) is 5.71 Å². The number of furan rings is 1. The van der Waals surface area contributed by atoms with Crippen LogP contribution in [0.2, 0.25) is 5.02 Å². The molecular formula is C19H22ClN5O2. The number of carbonyl (C=O) groups is 1. The number of nitrogens with zero attached hydrogens (tertiary/aromatic N) is 2. The third kappa shape index (κ3) is 4.14. The van der Waals surface area contributed by atoms with Crippen molar-refractivity contribution in [3.05, 3.63) is 51.9 Å². The number of rotatable bonds is 3. The topological polar surface area (TPSA) is 119 Å². The molecule has 5 N–H and O–H groups in total. The molecule has 142 valence electrons. The third-order valence-electron chi connectivity index (χ3n) is 4.39. The Morgan fingerprint density at radius 3 is 2.52 bits per heavy atom. The van der Waals surface area contributed by atoms with Gasteiger partial charge in [0, 0.05) is 28.3 Å². The van der Waals surface area contributed by atoms with Crippen LogP contribution in [0, 0.1) is 12.3 Å². The van der Waals surface area contributed by atoms with Gasteiger partial charge in [-0.05, 0) is 43.0 Å². The second-order valence-electron chi connectivity index (χ2n) is 7.40. The lowest BCUT2D eigenvalue weighted by atomic mass is 9.75. The van der Waals surface area contributed by atoms with Gasteiger partial charge < -0.3 is 21.2 Å². The standard InChI is InChI=1S/C19H22ClN5O2/c1-10-15-13(24-25-18(21)22)8-19(2,3)9-14(15)27-16(10)17(26)23-12-6-4-11(20)5-7-12/h4-7H,8-9H2,1-3H3,(H,23,26)(H4,21,22,25)/b24-13-. The highest BCUT2D eigenvalue weighted by Gasteiger charge is 2.36. The molecule has 1 heterocycles. The Labute approximate surface area is 162 Å². The van der Waals surface area contributed by atoms with Gasteiger partial charge in [-0.1, -0.05) is 25.4 Å². The first kappa shape index (κ1) is 19.0. The first-order valence-corrected chi connectivity index (χ1v) is 8.89. The van der Waals surface area contributed by atoms with Crippen LogP contribution >= 0.6 is 11.6 Å². The van der Waals surface area contributed by atoms with Gasteiger partial charge in [0.25, 0.3) is 5.91 Å². The van der Waals surface area contributed by atoms with Crippen LogP contribution in [0.1, 0.15) is 47.7 Å². The second-order valence-corrected chi connectivity index (χ2v) is 7.84. The van der Waals surface area contributed by atoms with Gasteiger partial charge in [-0.15, -0.1) is 5.10 Å². The summed E-state index contributed by atoms with van der Waals surface area (Å²) in [6.07, 6.45) is 1.37. The van der Waals surface area contributed by atoms with Gasteiger partial charge in [-0.2, -0.15) is 5.10 Å². The second kappa shape index (κ2) is 7.08. The van der Waals surface area contributed by atoms with E-state index in [1.807, 2.05) is 6.92 Å². The molecule has 1 aromatic carbocycles. The molecule has 0 aliphatic heterocycles. The molecule has 1 aromatic heterocycles. The number of guanidine groups is 1. The first-order valence-electron chi connectivity index (χ1n) is 8.51. The Balaban J connectivity index is 1.98. The molecule has 1 aliphatic rings. The summed E-state index contributed by atoms with van der Waals surface area (Å²) < 4.78 is 5.94. The largest absolute Gasteiger partial charge is 0.455 e. The van der Waals surface area contributed by atoms with Crippen molar-refractivity contribution in [2.24, 2.45) is 27.1 Å². The van der Waals surface area contributed by atoms with Crippen LogP contribution in [0.4, 0.5) is 5.69 Å². The molecule has 1 amide bonds. The van der Waals surface area contributed by atoms with E-state index in [0.717, 1.165) is 16.9 Å². The maximum Gasteiger partial charge on any atom is 0.291 e. The van der Waals surface area contributed by atoms with Crippen molar-refractivity contribution in [3.8, 4) is 0 Å². The number of fused-ring (bicyclic) bond motifs is 1. The van der Waals surface area contributed by atoms with E-state index in [1.54, 1.807) is 24.3 Å². The molecular weight excluding hydrogens is 366 g/mol. The van der Waals surface area contributed by atoms with Crippen LogP contribution in [0.25, 0.3) is 0 Å². The molecule has 2 aromatic rings. The molecule has 0 fully saturated rings. The van der Waals surface area contributed by atoms with Gasteiger partial charge in [0.2, 0.25) is 5.96 Å². The Hall–Kier alpha value is -2.80. The molecule has 0 saturated heterocycles. The van der Waals surface area contributed by atoms with Gasteiger partial charge in [0.1, 0.15) is 5.76 Å². The number of nitrogens with two attached hydrogens (primary N) is 2. The lowest BCUT2D eigenvalue weighted by Crippen LogP contribution is -2.27. The predicted molar refractivity (Wildman–Crippen MR) is 107 cm³/mol. The van der Waals surface area contributed by atoms with Gasteiger partial charge >= 0.3 is 0 Å². The molecule has 0 unspecified atom stereocenters. The molecule has 0 radical (unpaired) electrons. The molecule has 1 aliphatic carbocycles. The van der Waals surface area contributed by atoms with Crippen molar-refractivity contribution in [2.45, 2.75) is 33.6 Å². The number of anilines is 1. The van der Waals surface area contributed by atoms with Crippen molar-refractivity contribution in [2.75, 3.05) is 5.32 Å². The van der Waals surface area contributed by atoms with Crippen LogP contribution in [-0.2, 0) is 6.42 Å². The number of halogens is 1. The van der Waals surface area contributed by atoms with E-state index in [4.69, 9.17) is 27.5 Å². The molecule has 8 heteroatoms. The maximum atomic E-state index is 12.7. The summed E-state index contributed by atoms with van der Waals surface area (Å²) in [5, 5.41) is 11.4. The van der Waals surface area contributed by atoms with Crippen LogP contribution in [0.15, 0.2) is 38.9 Å². The minimum absolute atomic E-state index is 0.0844. The van der Waals surface area contributed by atoms with Crippen molar-refractivity contribution in [3.63, 3.8) is 0 Å². The number of hydrogen-bond donors (Lipinski definition) is 3. The number of hydrogen-bond acceptors (Lipinski definition) is 4. The third-order valence-corrected chi connectivity index (χ3v) is 4.64. The Morgan fingerprint density at radius 1 is 1.22 bits per heavy atom. The monoisotopic (exact) mass is 387 g/mol. The summed E-state index contributed by atoms with van der Waals surface area (Å²) in [6, 6.07) is 6.87. The van der Waals surface area contributed by atoms with Crippen molar-refractivity contribution < 1.29 is 9.21 Å². The Kier molecular flexibility index (Phi) is 4.97. The van der Waals surface area contributed by atoms with E-state index in [0.29, 0.717) is 29.3 Å². The molecule has 0 bridgehead atoms. The maximum absolute atomic E-state index is 12.7. The van der Waals surface area contributed by atoms with E-state index in [-0.39, 0.29) is 23.0 Å². The van der Waals surface area contributed by atoms with E-state index in [9.17, 15) is 4.79 Å². The van der Waals surface area contributed by atoms with Crippen LogP contribution in [0.3, 0.4) is 0 Å². The summed E-state index contributed by atoms with van der Waals surface area (Å²) in [7, 11) is 0. The fraction of sp³-hybridized carbons (Fsp3) is 0.316. The average Bonchev–Trinajstić information content (AvgIpc) is 2.90. The molecule has 0 saturated carbocycles. The van der Waals surface area contributed by atoms with Crippen molar-refractivity contribution in [1.82, 2.24) is 0 Å². The summed E-state index contributed by atoms with van der Waals surface area (Å²) in [4.78, 5) is 12.7. The van der Waals surface area contributed by atoms with Gasteiger partial charge in [-0.3, -0.25) is 4.79 Å². The first-order chi connectivity index (χ1) is 12.7. The highest BCUT2D eigenvalue weighted by Crippen LogP contribution is 2.39. The van der Waals surface area contributed by atoms with Crippen molar-refractivity contribution in [1.29, 1.82) is 0 Å². The van der Waals surface area contributed by atoms with E-state index in [2.05, 4.69) is 29.4 Å². The summed E-state index contributed by atoms with van der Waals surface area (Å²) in [5.74, 6) is 0.525. The van der Waals surface area contributed by atoms with Crippen LogP contribution < -0.4 is 16.8 Å². The zero-order chi connectivity index (χ0) is 19.8. The fourth-order valence-electron chi connectivity index (χ4n) is 3.26. The van der Waals surface area contributed by atoms with Gasteiger partial charge in [0.15, 0.2) is 5.76 Å². The predicted octanol–water partition coefficient (Wildman–Crippen LogP) is 3.44. The quantitative estimate of drug-likeness (QED) is 0.424. The lowest BCUT2D eigenvalue weighted by molar-refractivity contribution is 0.0993. The molecule has 27 heavy (non-hydrogen) atoms. The lowest BCUT2D eigenvalue weighted by Gasteiger charge is -2.29. The minimum atomic E-state index is -0.330. The molecule has 3 rings (SSSR count). The highest BCUT2D eigenvalue weighted by molar-refractivity contribution is 6.30. The summed E-state index contributed by atoms with van der Waals surface area (Å²) in [5.41, 5.74) is 13.6. The zero-order valence-corrected chi connectivity index (χ0v) is 16.2. The van der Waals surface area contributed by atoms with Crippen LogP contribution in [0.5, 0.6) is 0 Å². The number of amides is 1. The summed E-state index contributed by atoms with van der Waals surface area (Å²) >= 11 is 5.88. The Morgan fingerprint density at radius 2 is 1.89 bits per heavy atom. The number of carbonyl (C=O) groups excluding carboxylic acids is 1. The average molecular weight is 388 g/mol. The number of benzene rings is 1.